The van der Waals surface area contributed by atoms with Crippen LogP contribution in [0.2, 0.25) is 0 Å². The molecule has 6 bridgehead atoms. The molecule has 0 aromatic rings. The molecule has 0 amide bonds. The van der Waals surface area contributed by atoms with E-state index >= 15 is 0 Å². The minimum atomic E-state index is -5.84. The number of halogens is 2. The molecule has 1 N–H and O–H groups in total. The third kappa shape index (κ3) is 4.75. The maximum absolute atomic E-state index is 13.9. The molecule has 7 unspecified atom stereocenters. The summed E-state index contributed by atoms with van der Waals surface area (Å²) < 4.78 is 85.4. The number of fused-ring (bicyclic) bond motifs is 1. The molecule has 3 aliphatic heterocycles. The molecule has 12 nitrogen and oxygen atoms in total. The Bertz CT molecular complexity index is 1290. The van der Waals surface area contributed by atoms with Crippen LogP contribution in [-0.4, -0.2) is 78.2 Å². The summed E-state index contributed by atoms with van der Waals surface area (Å²) in [7, 11) is -5.84. The summed E-state index contributed by atoms with van der Waals surface area (Å²) in [6.07, 6.45) is -2.56. The fourth-order valence-corrected chi connectivity index (χ4v) is 9.55. The van der Waals surface area contributed by atoms with Gasteiger partial charge in [0.15, 0.2) is 18.3 Å². The second-order valence-electron chi connectivity index (χ2n) is 13.4. The molecule has 7 aliphatic rings. The molecular weight excluding hydrogens is 598 g/mol. The smallest absolute Gasteiger partial charge is 0.405 e. The molecule has 4 aliphatic carbocycles. The highest BCUT2D eigenvalue weighted by molar-refractivity contribution is 7.86. The predicted molar refractivity (Wildman–Crippen MR) is 137 cm³/mol. The van der Waals surface area contributed by atoms with Gasteiger partial charge in [-0.2, -0.15) is 17.2 Å². The van der Waals surface area contributed by atoms with E-state index in [1.807, 2.05) is 0 Å². The van der Waals surface area contributed by atoms with Gasteiger partial charge in [-0.1, -0.05) is 13.8 Å². The van der Waals surface area contributed by atoms with Gasteiger partial charge >= 0.3 is 39.2 Å². The van der Waals surface area contributed by atoms with E-state index in [1.165, 1.54) is 6.42 Å². The van der Waals surface area contributed by atoms with Crippen LogP contribution in [0.1, 0.15) is 65.7 Å². The van der Waals surface area contributed by atoms with Gasteiger partial charge in [-0.15, -0.1) is 0 Å². The zero-order valence-corrected chi connectivity index (χ0v) is 24.8. The summed E-state index contributed by atoms with van der Waals surface area (Å²) in [5.74, 6) is -3.63. The van der Waals surface area contributed by atoms with Gasteiger partial charge in [-0.3, -0.25) is 23.7 Å². The van der Waals surface area contributed by atoms with Crippen molar-refractivity contribution in [3.63, 3.8) is 0 Å². The lowest BCUT2D eigenvalue weighted by Crippen LogP contribution is -2.63. The van der Waals surface area contributed by atoms with Crippen LogP contribution in [0.5, 0.6) is 0 Å². The molecule has 240 valence electrons. The number of carbonyl (C=O) groups excluding carboxylic acids is 4. The summed E-state index contributed by atoms with van der Waals surface area (Å²) in [4.78, 5) is 51.4. The molecule has 15 heteroatoms. The van der Waals surface area contributed by atoms with Gasteiger partial charge in [-0.25, -0.2) is 0 Å². The lowest BCUT2D eigenvalue weighted by molar-refractivity contribution is -0.230. The van der Waals surface area contributed by atoms with E-state index in [2.05, 4.69) is 18.6 Å². The second-order valence-corrected chi connectivity index (χ2v) is 14.9. The van der Waals surface area contributed by atoms with Gasteiger partial charge in [0.05, 0.1) is 12.8 Å². The van der Waals surface area contributed by atoms with Crippen LogP contribution in [0.15, 0.2) is 0 Å². The highest BCUT2D eigenvalue weighted by Gasteiger charge is 2.73. The Morgan fingerprint density at radius 1 is 0.977 bits per heavy atom. The SMILES string of the molecule is CC(C)C1(OC(=O)C2C3OC4C(OC(=O)C42)C3OC(=O)CCC(=O)OC(C)C(F)(F)S(=O)(=O)O)C2CC3CC(C2)CC1C3. The number of carbonyl (C=O) groups is 4. The number of esters is 4. The zero-order chi connectivity index (χ0) is 31.2. The first kappa shape index (κ1) is 30.6. The van der Waals surface area contributed by atoms with Crippen molar-refractivity contribution in [3.8, 4) is 0 Å². The highest BCUT2D eigenvalue weighted by atomic mass is 32.2. The van der Waals surface area contributed by atoms with Crippen LogP contribution < -0.4 is 0 Å². The average Bonchev–Trinajstić information content (AvgIpc) is 3.52. The van der Waals surface area contributed by atoms with Gasteiger partial charge in [0.2, 0.25) is 0 Å². The van der Waals surface area contributed by atoms with Gasteiger partial charge < -0.3 is 23.7 Å². The maximum Gasteiger partial charge on any atom is 0.405 e. The lowest BCUT2D eigenvalue weighted by atomic mass is 9.47. The molecule has 7 rings (SSSR count). The van der Waals surface area contributed by atoms with Crippen molar-refractivity contribution in [2.24, 2.45) is 41.4 Å². The van der Waals surface area contributed by atoms with Gasteiger partial charge in [0, 0.05) is 0 Å². The number of hydrogen-bond acceptors (Lipinski definition) is 11. The second kappa shape index (κ2) is 10.3. The molecular formula is C28H36F2O12S. The van der Waals surface area contributed by atoms with Gasteiger partial charge in [-0.05, 0) is 68.6 Å². The van der Waals surface area contributed by atoms with Gasteiger partial charge in [0.25, 0.3) is 0 Å². The van der Waals surface area contributed by atoms with Crippen molar-refractivity contribution in [2.75, 3.05) is 0 Å². The number of ether oxygens (including phenoxy) is 5. The normalized spacial score (nSPS) is 41.3. The molecule has 3 heterocycles. The summed E-state index contributed by atoms with van der Waals surface area (Å²) in [5, 5.41) is -4.75. The van der Waals surface area contributed by atoms with Crippen molar-refractivity contribution < 1.29 is 64.6 Å². The average molecular weight is 635 g/mol. The van der Waals surface area contributed by atoms with Crippen molar-refractivity contribution >= 4 is 34.0 Å². The Balaban J connectivity index is 1.11. The molecule has 3 saturated heterocycles. The molecule has 7 atom stereocenters. The standard InChI is InChI=1S/C28H36F2O12S/c1-11(2)27(15-7-13-6-14(9-15)10-16(27)8-13)42-26(34)20-19-21-24(41-25(19)33)23(22(20)40-21)39-18(32)5-4-17(31)38-12(3)28(29,30)43(35,36)37/h11-16,19-24H,4-10H2,1-3H3,(H,35,36,37). The van der Waals surface area contributed by atoms with Crippen LogP contribution >= 0.6 is 0 Å². The molecule has 4 saturated carbocycles. The van der Waals surface area contributed by atoms with E-state index in [0.29, 0.717) is 18.8 Å². The van der Waals surface area contributed by atoms with Crippen LogP contribution in [0.3, 0.4) is 0 Å². The van der Waals surface area contributed by atoms with E-state index < -0.39 is 100 Å². The molecule has 0 aromatic carbocycles. The van der Waals surface area contributed by atoms with Gasteiger partial charge in [0.1, 0.15) is 29.6 Å². The molecule has 0 radical (unpaired) electrons. The third-order valence-corrected chi connectivity index (χ3v) is 11.7. The Morgan fingerprint density at radius 2 is 1.56 bits per heavy atom. The van der Waals surface area contributed by atoms with E-state index in [1.54, 1.807) is 0 Å². The summed E-state index contributed by atoms with van der Waals surface area (Å²) in [6, 6.07) is 0. The summed E-state index contributed by atoms with van der Waals surface area (Å²) >= 11 is 0. The summed E-state index contributed by atoms with van der Waals surface area (Å²) in [5.41, 5.74) is -0.649. The minimum Gasteiger partial charge on any atom is -0.458 e. The topological polar surface area (TPSA) is 169 Å². The Kier molecular flexibility index (Phi) is 7.36. The van der Waals surface area contributed by atoms with E-state index in [-0.39, 0.29) is 17.8 Å². The van der Waals surface area contributed by atoms with Crippen molar-refractivity contribution in [1.29, 1.82) is 0 Å². The summed E-state index contributed by atoms with van der Waals surface area (Å²) in [6.45, 7) is 4.70. The molecule has 43 heavy (non-hydrogen) atoms. The first-order valence-corrected chi connectivity index (χ1v) is 16.3. The molecule has 7 fully saturated rings. The molecule has 0 spiro atoms. The lowest BCUT2D eigenvalue weighted by Gasteiger charge is -2.62. The van der Waals surface area contributed by atoms with E-state index in [9.17, 15) is 36.4 Å². The largest absolute Gasteiger partial charge is 0.458 e. The van der Waals surface area contributed by atoms with Crippen molar-refractivity contribution in [1.82, 2.24) is 0 Å². The van der Waals surface area contributed by atoms with E-state index in [0.717, 1.165) is 25.7 Å². The first-order valence-electron chi connectivity index (χ1n) is 14.9. The van der Waals surface area contributed by atoms with Crippen molar-refractivity contribution in [3.05, 3.63) is 0 Å². The Morgan fingerprint density at radius 3 is 2.12 bits per heavy atom. The predicted octanol–water partition coefficient (Wildman–Crippen LogP) is 2.42. The minimum absolute atomic E-state index is 0.0581. The fourth-order valence-electron chi connectivity index (χ4n) is 9.08. The Labute approximate surface area is 247 Å². The van der Waals surface area contributed by atoms with Crippen molar-refractivity contribution in [2.45, 2.75) is 107 Å². The van der Waals surface area contributed by atoms with Crippen LogP contribution in [0, 0.1) is 41.4 Å². The van der Waals surface area contributed by atoms with E-state index in [4.69, 9.17) is 23.5 Å². The first-order chi connectivity index (χ1) is 20.0. The molecule has 0 aromatic heterocycles. The maximum atomic E-state index is 13.9. The van der Waals surface area contributed by atoms with Crippen LogP contribution in [0.4, 0.5) is 8.78 Å². The number of alkyl halides is 2. The monoisotopic (exact) mass is 634 g/mol. The Hall–Kier alpha value is -2.39. The quantitative estimate of drug-likeness (QED) is 0.212. The number of rotatable bonds is 10. The van der Waals surface area contributed by atoms with Crippen LogP contribution in [0.25, 0.3) is 0 Å². The van der Waals surface area contributed by atoms with Crippen LogP contribution in [-0.2, 0) is 53.0 Å². The number of hydrogen-bond donors (Lipinski definition) is 1. The zero-order valence-electron chi connectivity index (χ0n) is 24.0. The third-order valence-electron chi connectivity index (χ3n) is 10.7. The highest BCUT2D eigenvalue weighted by Crippen LogP contribution is 2.62. The fraction of sp³-hybridized carbons (Fsp3) is 0.857.